The number of halogens is 1. The molecule has 1 aliphatic heterocycles. The van der Waals surface area contributed by atoms with Crippen LogP contribution in [0.5, 0.6) is 11.8 Å². The number of hydrogen-bond donors (Lipinski definition) is 2. The second-order valence-electron chi connectivity index (χ2n) is 9.09. The maximum Gasteiger partial charge on any atom is 0.325 e. The molecule has 2 aliphatic rings. The molecular formula is C24H26ClN7O2. The van der Waals surface area contributed by atoms with Gasteiger partial charge in [0.1, 0.15) is 17.4 Å². The molecule has 9 nitrogen and oxygen atoms in total. The number of nitrogens with one attached hydrogen (secondary N) is 2. The molecule has 4 aromatic rings. The summed E-state index contributed by atoms with van der Waals surface area (Å²) in [5.74, 6) is 2.94. The molecule has 0 atom stereocenters. The fourth-order valence-corrected chi connectivity index (χ4v) is 4.49. The molecule has 0 spiro atoms. The van der Waals surface area contributed by atoms with Crippen molar-refractivity contribution in [2.45, 2.75) is 25.7 Å². The van der Waals surface area contributed by atoms with E-state index in [9.17, 15) is 0 Å². The van der Waals surface area contributed by atoms with E-state index >= 15 is 0 Å². The molecule has 1 saturated carbocycles. The molecule has 176 valence electrons. The lowest BCUT2D eigenvalue weighted by molar-refractivity contribution is 0.311. The van der Waals surface area contributed by atoms with Crippen LogP contribution in [0.25, 0.3) is 10.9 Å². The number of benzene rings is 1. The Balaban J connectivity index is 1.32. The van der Waals surface area contributed by atoms with Crippen LogP contribution in [-0.2, 0) is 0 Å². The normalized spacial score (nSPS) is 16.9. The molecule has 0 unspecified atom stereocenters. The van der Waals surface area contributed by atoms with E-state index in [0.29, 0.717) is 28.4 Å². The minimum atomic E-state index is 0.217. The van der Waals surface area contributed by atoms with Gasteiger partial charge in [0, 0.05) is 60.8 Å². The van der Waals surface area contributed by atoms with Crippen LogP contribution in [0.15, 0.2) is 34.9 Å². The highest BCUT2D eigenvalue weighted by Gasteiger charge is 2.27. The zero-order valence-electron chi connectivity index (χ0n) is 19.1. The van der Waals surface area contributed by atoms with Crippen LogP contribution in [0.1, 0.15) is 30.1 Å². The number of nitrogens with zero attached hydrogens (tertiary/aromatic N) is 5. The fourth-order valence-electron chi connectivity index (χ4n) is 4.23. The molecule has 0 bridgehead atoms. The number of aryl methyl sites for hydroxylation is 1. The first-order valence-electron chi connectivity index (χ1n) is 11.5. The molecular weight excluding hydrogens is 454 g/mol. The molecule has 1 saturated heterocycles. The Hall–Kier alpha value is -3.30. The van der Waals surface area contributed by atoms with Crippen molar-refractivity contribution in [3.05, 3.63) is 46.7 Å². The second-order valence-corrected chi connectivity index (χ2v) is 9.47. The third kappa shape index (κ3) is 4.28. The Morgan fingerprint density at radius 2 is 1.94 bits per heavy atom. The number of ether oxygens (including phenoxy) is 1. The van der Waals surface area contributed by atoms with E-state index in [2.05, 4.69) is 37.3 Å². The summed E-state index contributed by atoms with van der Waals surface area (Å²) >= 11 is 6.66. The summed E-state index contributed by atoms with van der Waals surface area (Å²) in [7, 11) is 2.13. The molecule has 2 fully saturated rings. The molecule has 4 heterocycles. The van der Waals surface area contributed by atoms with E-state index in [4.69, 9.17) is 25.8 Å². The first-order valence-corrected chi connectivity index (χ1v) is 11.9. The van der Waals surface area contributed by atoms with Crippen LogP contribution < -0.4 is 15.0 Å². The topological polar surface area (TPSA) is 95.3 Å². The molecule has 1 aliphatic carbocycles. The standard InChI is InChI=1S/C24H26ClN7O2/c1-14-11-16-17(26-14)5-6-19(23(16)25)33-24-28-20(27-22-12-18(30-34-22)15-3-4-15)13-21(29-24)32-9-7-31(2)8-10-32/h5-6,11-13,15,26H,3-4,7-10H2,1-2H3,(H,27,28,29). The Kier molecular flexibility index (Phi) is 5.30. The summed E-state index contributed by atoms with van der Waals surface area (Å²) in [4.78, 5) is 17.1. The number of aromatic amines is 1. The number of hydrogen-bond acceptors (Lipinski definition) is 8. The number of aromatic nitrogens is 4. The van der Waals surface area contributed by atoms with E-state index in [0.717, 1.165) is 67.1 Å². The van der Waals surface area contributed by atoms with E-state index in [1.807, 2.05) is 37.3 Å². The maximum absolute atomic E-state index is 6.66. The van der Waals surface area contributed by atoms with Gasteiger partial charge in [-0.3, -0.25) is 0 Å². The van der Waals surface area contributed by atoms with Crippen molar-refractivity contribution in [3.63, 3.8) is 0 Å². The third-order valence-electron chi connectivity index (χ3n) is 6.33. The monoisotopic (exact) mass is 479 g/mol. The number of piperazine rings is 1. The second kappa shape index (κ2) is 8.48. The van der Waals surface area contributed by atoms with Crippen LogP contribution in [0.2, 0.25) is 5.02 Å². The number of fused-ring (bicyclic) bond motifs is 1. The van der Waals surface area contributed by atoms with Gasteiger partial charge in [-0.1, -0.05) is 16.8 Å². The maximum atomic E-state index is 6.66. The lowest BCUT2D eigenvalue weighted by Crippen LogP contribution is -2.44. The Morgan fingerprint density at radius 1 is 1.12 bits per heavy atom. The predicted molar refractivity (Wildman–Crippen MR) is 132 cm³/mol. The molecule has 3 aromatic heterocycles. The zero-order chi connectivity index (χ0) is 23.2. The first kappa shape index (κ1) is 21.2. The number of rotatable bonds is 6. The van der Waals surface area contributed by atoms with Gasteiger partial charge < -0.3 is 29.4 Å². The van der Waals surface area contributed by atoms with Crippen molar-refractivity contribution in [2.75, 3.05) is 43.4 Å². The lowest BCUT2D eigenvalue weighted by atomic mass is 10.2. The highest BCUT2D eigenvalue weighted by atomic mass is 35.5. The quantitative estimate of drug-likeness (QED) is 0.395. The van der Waals surface area contributed by atoms with Crippen LogP contribution in [-0.4, -0.2) is 58.2 Å². The van der Waals surface area contributed by atoms with Gasteiger partial charge in [-0.2, -0.15) is 9.97 Å². The van der Waals surface area contributed by atoms with E-state index in [1.165, 1.54) is 0 Å². The molecule has 1 aromatic carbocycles. The summed E-state index contributed by atoms with van der Waals surface area (Å²) in [5.41, 5.74) is 2.97. The van der Waals surface area contributed by atoms with E-state index in [1.54, 1.807) is 0 Å². The largest absolute Gasteiger partial charge is 0.423 e. The van der Waals surface area contributed by atoms with Gasteiger partial charge in [0.25, 0.3) is 0 Å². The van der Waals surface area contributed by atoms with Gasteiger partial charge >= 0.3 is 6.01 Å². The van der Waals surface area contributed by atoms with Crippen molar-refractivity contribution in [2.24, 2.45) is 0 Å². The number of anilines is 3. The molecule has 2 N–H and O–H groups in total. The average molecular weight is 480 g/mol. The van der Waals surface area contributed by atoms with Gasteiger partial charge in [0.2, 0.25) is 5.88 Å². The Morgan fingerprint density at radius 3 is 2.74 bits per heavy atom. The van der Waals surface area contributed by atoms with Crippen LogP contribution >= 0.6 is 11.6 Å². The van der Waals surface area contributed by atoms with Crippen molar-refractivity contribution >= 4 is 40.0 Å². The molecule has 34 heavy (non-hydrogen) atoms. The van der Waals surface area contributed by atoms with Crippen LogP contribution in [0, 0.1) is 6.92 Å². The van der Waals surface area contributed by atoms with Crippen molar-refractivity contribution in [1.82, 2.24) is 25.0 Å². The van der Waals surface area contributed by atoms with Gasteiger partial charge in [-0.25, -0.2) is 0 Å². The third-order valence-corrected chi connectivity index (χ3v) is 6.72. The van der Waals surface area contributed by atoms with Crippen LogP contribution in [0.3, 0.4) is 0 Å². The molecule has 10 heteroatoms. The number of H-pyrrole nitrogens is 1. The minimum absolute atomic E-state index is 0.217. The fraction of sp³-hybridized carbons (Fsp3) is 0.375. The molecule has 6 rings (SSSR count). The highest BCUT2D eigenvalue weighted by Crippen LogP contribution is 2.40. The SMILES string of the molecule is Cc1cc2c(Cl)c(Oc3nc(Nc4cc(C5CC5)no4)cc(N4CCN(C)CC4)n3)ccc2[nH]1. The predicted octanol–water partition coefficient (Wildman–Crippen LogP) is 5.07. The van der Waals surface area contributed by atoms with E-state index in [-0.39, 0.29) is 6.01 Å². The summed E-state index contributed by atoms with van der Waals surface area (Å²) in [5, 5.41) is 8.84. The summed E-state index contributed by atoms with van der Waals surface area (Å²) in [6.07, 6.45) is 2.33. The summed E-state index contributed by atoms with van der Waals surface area (Å²) in [6, 6.07) is 9.85. The highest BCUT2D eigenvalue weighted by molar-refractivity contribution is 6.37. The van der Waals surface area contributed by atoms with Crippen molar-refractivity contribution in [3.8, 4) is 11.8 Å². The average Bonchev–Trinajstić information content (AvgIpc) is 3.45. The lowest BCUT2D eigenvalue weighted by Gasteiger charge is -2.33. The van der Waals surface area contributed by atoms with Crippen molar-refractivity contribution < 1.29 is 9.26 Å². The summed E-state index contributed by atoms with van der Waals surface area (Å²) < 4.78 is 11.6. The first-order chi connectivity index (χ1) is 16.5. The Bertz CT molecular complexity index is 1340. The molecule has 0 radical (unpaired) electrons. The Labute approximate surface area is 202 Å². The van der Waals surface area contributed by atoms with Gasteiger partial charge in [-0.05, 0) is 45.0 Å². The summed E-state index contributed by atoms with van der Waals surface area (Å²) in [6.45, 7) is 5.66. The van der Waals surface area contributed by atoms with Gasteiger partial charge in [-0.15, -0.1) is 0 Å². The van der Waals surface area contributed by atoms with Gasteiger partial charge in [0.15, 0.2) is 0 Å². The van der Waals surface area contributed by atoms with Gasteiger partial charge in [0.05, 0.1) is 10.7 Å². The van der Waals surface area contributed by atoms with Crippen molar-refractivity contribution in [1.29, 1.82) is 0 Å². The smallest absolute Gasteiger partial charge is 0.325 e. The number of likely N-dealkylation sites (N-methyl/N-ethyl adjacent to an activating group) is 1. The van der Waals surface area contributed by atoms with Crippen LogP contribution in [0.4, 0.5) is 17.5 Å². The minimum Gasteiger partial charge on any atom is -0.423 e. The van der Waals surface area contributed by atoms with E-state index < -0.39 is 0 Å². The molecule has 0 amide bonds. The zero-order valence-corrected chi connectivity index (χ0v) is 19.9.